The molecule has 0 amide bonds. The number of nitrogens with zero attached hydrogens (tertiary/aromatic N) is 2. The Hall–Kier alpha value is -2.48. The number of rotatable bonds is 20. The Balaban J connectivity index is 2.09. The largest absolute Gasteiger partial charge is 0.493 e. The quantitative estimate of drug-likeness (QED) is 0.112. The molecule has 0 saturated carbocycles. The lowest BCUT2D eigenvalue weighted by atomic mass is 9.90. The highest BCUT2D eigenvalue weighted by atomic mass is 15.2. The fourth-order valence-electron chi connectivity index (χ4n) is 6.67. The van der Waals surface area contributed by atoms with Crippen LogP contribution in [0.15, 0.2) is 47.5 Å². The van der Waals surface area contributed by atoms with Gasteiger partial charge in [0.25, 0.3) is 0 Å². The monoisotopic (exact) mass is 568 g/mol. The van der Waals surface area contributed by atoms with Crippen LogP contribution >= 0.6 is 0 Å². The van der Waals surface area contributed by atoms with E-state index in [1.165, 1.54) is 122 Å². The molecule has 0 fully saturated rings. The number of benzene rings is 2. The predicted octanol–water partition coefficient (Wildman–Crippen LogP) is 12.9. The Morgan fingerprint density at radius 2 is 0.833 bits per heavy atom. The van der Waals surface area contributed by atoms with Crippen molar-refractivity contribution in [2.75, 3.05) is 0 Å². The van der Waals surface area contributed by atoms with Gasteiger partial charge >= 0.3 is 0 Å². The third kappa shape index (κ3) is 9.78. The van der Waals surface area contributed by atoms with Gasteiger partial charge in [-0.3, -0.25) is 0 Å². The molecule has 0 unspecified atom stereocenters. The molecule has 42 heavy (non-hydrogen) atoms. The summed E-state index contributed by atoms with van der Waals surface area (Å²) in [6.45, 7) is 13.5. The lowest BCUT2D eigenvalue weighted by Gasteiger charge is -2.13. The lowest BCUT2D eigenvalue weighted by Crippen LogP contribution is -2.04. The fourth-order valence-corrected chi connectivity index (χ4v) is 6.67. The van der Waals surface area contributed by atoms with Gasteiger partial charge in [0, 0.05) is 22.3 Å². The van der Waals surface area contributed by atoms with Gasteiger partial charge in [-0.2, -0.15) is 0 Å². The molecule has 1 heterocycles. The summed E-state index contributed by atoms with van der Waals surface area (Å²) in [5.41, 5.74) is 24.8. The smallest absolute Gasteiger partial charge is 0.211 e. The number of hydrogen-bond acceptors (Lipinski definition) is 0. The molecular weight excluding hydrogens is 508 g/mol. The van der Waals surface area contributed by atoms with Gasteiger partial charge in [-0.1, -0.05) is 115 Å². The summed E-state index contributed by atoms with van der Waals surface area (Å²) < 4.78 is 1.60. The van der Waals surface area contributed by atoms with Crippen LogP contribution in [0.3, 0.4) is 0 Å². The van der Waals surface area contributed by atoms with E-state index in [4.69, 9.17) is 0 Å². The highest BCUT2D eigenvalue weighted by molar-refractivity contribution is 5.82. The van der Waals surface area contributed by atoms with E-state index in [-0.39, 0.29) is 0 Å². The summed E-state index contributed by atoms with van der Waals surface area (Å²) >= 11 is 0. The van der Waals surface area contributed by atoms with E-state index in [0.717, 1.165) is 49.9 Å². The van der Waals surface area contributed by atoms with Crippen molar-refractivity contribution in [2.45, 2.75) is 157 Å². The molecule has 1 aliphatic heterocycles. The van der Waals surface area contributed by atoms with Crippen molar-refractivity contribution in [3.63, 3.8) is 0 Å². The highest BCUT2D eigenvalue weighted by Gasteiger charge is 2.35. The van der Waals surface area contributed by atoms with Crippen molar-refractivity contribution >= 4 is 11.4 Å². The topological polar surface area (TPSA) is 25.3 Å². The van der Waals surface area contributed by atoms with E-state index in [0.29, 0.717) is 0 Å². The third-order valence-electron chi connectivity index (χ3n) is 8.88. The summed E-state index contributed by atoms with van der Waals surface area (Å²) in [7, 11) is 0. The molecule has 0 aromatic heterocycles. The second-order valence-corrected chi connectivity index (χ2v) is 12.9. The van der Waals surface area contributed by atoms with Gasteiger partial charge in [-0.05, 0) is 101 Å². The Kier molecular flexibility index (Phi) is 14.8. The molecule has 2 heteroatoms. The van der Waals surface area contributed by atoms with Crippen LogP contribution < -0.4 is 0 Å². The first-order chi connectivity index (χ1) is 20.4. The van der Waals surface area contributed by atoms with E-state index in [1.807, 2.05) is 0 Å². The van der Waals surface area contributed by atoms with Crippen molar-refractivity contribution in [1.82, 2.24) is 0 Å². The summed E-state index contributed by atoms with van der Waals surface area (Å²) in [6.07, 6.45) is 21.7. The van der Waals surface area contributed by atoms with E-state index < -0.39 is 0 Å². The highest BCUT2D eigenvalue weighted by Crippen LogP contribution is 2.45. The number of aryl methyl sites for hydroxylation is 4. The molecule has 2 nitrogen and oxygen atoms in total. The molecule has 0 radical (unpaired) electrons. The van der Waals surface area contributed by atoms with Crippen molar-refractivity contribution in [3.8, 4) is 0 Å². The van der Waals surface area contributed by atoms with Gasteiger partial charge in [0.2, 0.25) is 11.4 Å². The fraction of sp³-hybridized carbons (Fsp3) is 0.600. The molecule has 2 aromatic carbocycles. The maximum Gasteiger partial charge on any atom is 0.211 e. The molecule has 230 valence electrons. The van der Waals surface area contributed by atoms with Gasteiger partial charge in [0.1, 0.15) is 0 Å². The Morgan fingerprint density at radius 1 is 0.452 bits per heavy atom. The van der Waals surface area contributed by atoms with Crippen LogP contribution in [0.1, 0.15) is 164 Å². The minimum absolute atomic E-state index is 1.02. The molecule has 0 saturated heterocycles. The molecular formula is C40H60N2. The summed E-state index contributed by atoms with van der Waals surface area (Å²) in [5, 5.41) is 0. The number of hydrogen-bond donors (Lipinski definition) is 0. The van der Waals surface area contributed by atoms with Crippen LogP contribution in [0.25, 0.3) is 16.9 Å². The number of allylic oxidation sites excluding steroid dienone is 2. The van der Waals surface area contributed by atoms with Crippen LogP contribution in [0.5, 0.6) is 0 Å². The summed E-state index contributed by atoms with van der Waals surface area (Å²) in [5.74, 6) is 0. The minimum Gasteiger partial charge on any atom is -0.493 e. The Labute approximate surface area is 259 Å². The normalized spacial score (nSPS) is 13.6. The first kappa shape index (κ1) is 34.0. The van der Waals surface area contributed by atoms with E-state index >= 15 is 0 Å². The van der Waals surface area contributed by atoms with E-state index in [2.05, 4.69) is 77.9 Å². The van der Waals surface area contributed by atoms with Crippen molar-refractivity contribution in [1.29, 1.82) is 0 Å². The van der Waals surface area contributed by atoms with Gasteiger partial charge in [0.15, 0.2) is 0 Å². The van der Waals surface area contributed by atoms with Crippen LogP contribution in [0.2, 0.25) is 0 Å². The van der Waals surface area contributed by atoms with Crippen molar-refractivity contribution in [2.24, 2.45) is 0 Å². The maximum atomic E-state index is 12.2. The van der Waals surface area contributed by atoms with Crippen LogP contribution in [-0.4, -0.2) is 4.70 Å². The zero-order chi connectivity index (χ0) is 30.3. The zero-order valence-electron chi connectivity index (χ0n) is 28.1. The van der Waals surface area contributed by atoms with Crippen LogP contribution in [-0.2, 0) is 12.8 Å². The van der Waals surface area contributed by atoms with Gasteiger partial charge in [-0.25, -0.2) is 4.70 Å². The molecule has 0 atom stereocenters. The molecule has 0 spiro atoms. The second-order valence-electron chi connectivity index (χ2n) is 12.9. The first-order valence-corrected chi connectivity index (χ1v) is 17.6. The van der Waals surface area contributed by atoms with Crippen LogP contribution in [0.4, 0.5) is 0 Å². The second kappa shape index (κ2) is 18.2. The third-order valence-corrected chi connectivity index (χ3v) is 8.88. The van der Waals surface area contributed by atoms with Crippen molar-refractivity contribution in [3.05, 3.63) is 86.5 Å². The predicted molar refractivity (Wildman–Crippen MR) is 184 cm³/mol. The van der Waals surface area contributed by atoms with E-state index in [1.54, 1.807) is 4.70 Å². The van der Waals surface area contributed by atoms with Gasteiger partial charge in [0.05, 0.1) is 0 Å². The Morgan fingerprint density at radius 3 is 1.31 bits per heavy atom. The average molecular weight is 569 g/mol. The molecule has 2 aromatic rings. The minimum atomic E-state index is 1.02. The first-order valence-electron chi connectivity index (χ1n) is 17.6. The number of unbranched alkanes of at least 4 members (excludes halogenated alkanes) is 10. The van der Waals surface area contributed by atoms with Gasteiger partial charge in [-0.15, -0.1) is 0 Å². The van der Waals surface area contributed by atoms with Gasteiger partial charge < -0.3 is 5.53 Å². The Bertz CT molecular complexity index is 1210. The summed E-state index contributed by atoms with van der Waals surface area (Å²) in [6, 6.07) is 14.0. The molecule has 3 rings (SSSR count). The van der Waals surface area contributed by atoms with Crippen molar-refractivity contribution < 1.29 is 4.70 Å². The summed E-state index contributed by atoms with van der Waals surface area (Å²) in [4.78, 5) is 0. The standard InChI is InChI=1S/C40H60N2/c1-7-11-15-16-17-20-24-38-37(23-14-10-4)39(35-27-31(5)25-33(29-35)21-18-12-8-2)42(41)40(38)36-28-32(6)26-34(30-36)22-19-13-9-3/h25-30H,7-24H2,1-6H3. The maximum absolute atomic E-state index is 12.2. The lowest BCUT2D eigenvalue weighted by molar-refractivity contribution is -0.345. The SMILES string of the molecule is CCCCCCCCC1=C(c2cc(C)cc(CCCCC)c2)[N+](=[N-])C(c2cc(C)cc(CCCCC)c2)=C1CCCC. The van der Waals surface area contributed by atoms with E-state index in [9.17, 15) is 5.53 Å². The molecule has 1 aliphatic rings. The zero-order valence-corrected chi connectivity index (χ0v) is 28.1. The molecule has 0 bridgehead atoms. The average Bonchev–Trinajstić information content (AvgIpc) is 3.24. The van der Waals surface area contributed by atoms with Crippen LogP contribution in [0, 0.1) is 13.8 Å². The molecule has 0 N–H and O–H groups in total. The molecule has 0 aliphatic carbocycles.